The summed E-state index contributed by atoms with van der Waals surface area (Å²) >= 11 is 9.44. The average molecular weight is 318 g/mol. The van der Waals surface area contributed by atoms with Gasteiger partial charge in [-0.1, -0.05) is 58.9 Å². The van der Waals surface area contributed by atoms with Gasteiger partial charge in [-0.3, -0.25) is 0 Å². The minimum Gasteiger partial charge on any atom is -0.369 e. The van der Waals surface area contributed by atoms with Crippen molar-refractivity contribution in [1.29, 1.82) is 0 Å². The minimum atomic E-state index is 0.148. The number of benzene rings is 1. The molecule has 1 aliphatic rings. The van der Waals surface area contributed by atoms with Crippen molar-refractivity contribution in [3.8, 4) is 0 Å². The Hall–Kier alpha value is -0.0500. The third-order valence-electron chi connectivity index (χ3n) is 3.29. The lowest BCUT2D eigenvalue weighted by atomic mass is 9.97. The summed E-state index contributed by atoms with van der Waals surface area (Å²) in [5, 5.41) is 1.62. The molecule has 0 N–H and O–H groups in total. The Bertz CT molecular complexity index is 333. The van der Waals surface area contributed by atoms with Gasteiger partial charge in [-0.2, -0.15) is 0 Å². The maximum Gasteiger partial charge on any atom is 0.0925 e. The van der Waals surface area contributed by atoms with Crippen LogP contribution in [0.1, 0.15) is 43.8 Å². The van der Waals surface area contributed by atoms with E-state index in [2.05, 4.69) is 28.1 Å². The van der Waals surface area contributed by atoms with Crippen molar-refractivity contribution in [3.05, 3.63) is 34.9 Å². The average Bonchev–Trinajstić information content (AvgIpc) is 2.38. The van der Waals surface area contributed by atoms with Crippen LogP contribution in [-0.4, -0.2) is 11.4 Å². The predicted molar refractivity (Wildman–Crippen MR) is 75.9 cm³/mol. The van der Waals surface area contributed by atoms with Crippen molar-refractivity contribution in [2.75, 3.05) is 5.33 Å². The second-order valence-electron chi connectivity index (χ2n) is 4.59. The first kappa shape index (κ1) is 13.4. The van der Waals surface area contributed by atoms with Gasteiger partial charge in [0.15, 0.2) is 0 Å². The van der Waals surface area contributed by atoms with Crippen LogP contribution >= 0.6 is 27.5 Å². The second kappa shape index (κ2) is 6.77. The zero-order chi connectivity index (χ0) is 12.1. The zero-order valence-corrected chi connectivity index (χ0v) is 12.2. The molecule has 0 heterocycles. The SMILES string of the molecule is Clc1ccc(C(CBr)OC2CCCCC2)cc1. The molecule has 94 valence electrons. The molecule has 1 aliphatic carbocycles. The van der Waals surface area contributed by atoms with Crippen LogP contribution in [0.2, 0.25) is 5.02 Å². The number of hydrogen-bond donors (Lipinski definition) is 0. The Morgan fingerprint density at radius 1 is 1.18 bits per heavy atom. The highest BCUT2D eigenvalue weighted by Crippen LogP contribution is 2.28. The molecule has 1 atom stereocenters. The van der Waals surface area contributed by atoms with Crippen molar-refractivity contribution in [1.82, 2.24) is 0 Å². The standard InChI is InChI=1S/C14H18BrClO/c15-10-14(11-6-8-12(16)9-7-11)17-13-4-2-1-3-5-13/h6-9,13-14H,1-5,10H2. The molecular weight excluding hydrogens is 300 g/mol. The molecular formula is C14H18BrClO. The molecule has 0 aliphatic heterocycles. The molecule has 0 saturated heterocycles. The fourth-order valence-electron chi connectivity index (χ4n) is 2.31. The first-order valence-corrected chi connectivity index (χ1v) is 7.76. The number of rotatable bonds is 4. The van der Waals surface area contributed by atoms with Gasteiger partial charge >= 0.3 is 0 Å². The minimum absolute atomic E-state index is 0.148. The topological polar surface area (TPSA) is 9.23 Å². The van der Waals surface area contributed by atoms with Gasteiger partial charge in [0.25, 0.3) is 0 Å². The van der Waals surface area contributed by atoms with Crippen LogP contribution in [0.4, 0.5) is 0 Å². The van der Waals surface area contributed by atoms with Crippen molar-refractivity contribution >= 4 is 27.5 Å². The fraction of sp³-hybridized carbons (Fsp3) is 0.571. The number of alkyl halides is 1. The van der Waals surface area contributed by atoms with E-state index in [0.717, 1.165) is 10.4 Å². The van der Waals surface area contributed by atoms with Gasteiger partial charge in [0, 0.05) is 10.4 Å². The summed E-state index contributed by atoms with van der Waals surface area (Å²) in [6, 6.07) is 7.96. The van der Waals surface area contributed by atoms with Gasteiger partial charge in [-0.25, -0.2) is 0 Å². The quantitative estimate of drug-likeness (QED) is 0.700. The van der Waals surface area contributed by atoms with Gasteiger partial charge in [0.1, 0.15) is 0 Å². The highest BCUT2D eigenvalue weighted by molar-refractivity contribution is 9.09. The third-order valence-corrected chi connectivity index (χ3v) is 4.13. The van der Waals surface area contributed by atoms with E-state index in [-0.39, 0.29) is 6.10 Å². The Morgan fingerprint density at radius 2 is 1.82 bits per heavy atom. The van der Waals surface area contributed by atoms with Crippen molar-refractivity contribution in [2.45, 2.75) is 44.3 Å². The lowest BCUT2D eigenvalue weighted by molar-refractivity contribution is -0.0193. The van der Waals surface area contributed by atoms with Crippen LogP contribution in [-0.2, 0) is 4.74 Å². The lowest BCUT2D eigenvalue weighted by Crippen LogP contribution is -2.20. The largest absolute Gasteiger partial charge is 0.369 e. The van der Waals surface area contributed by atoms with Gasteiger partial charge < -0.3 is 4.74 Å². The highest BCUT2D eigenvalue weighted by Gasteiger charge is 2.19. The Labute approximate surface area is 117 Å². The molecule has 1 nitrogen and oxygen atoms in total. The molecule has 1 unspecified atom stereocenters. The van der Waals surface area contributed by atoms with E-state index in [1.165, 1.54) is 37.7 Å². The molecule has 0 radical (unpaired) electrons. The van der Waals surface area contributed by atoms with E-state index in [1.54, 1.807) is 0 Å². The van der Waals surface area contributed by atoms with Crippen molar-refractivity contribution in [2.24, 2.45) is 0 Å². The molecule has 1 aromatic carbocycles. The zero-order valence-electron chi connectivity index (χ0n) is 9.87. The Balaban J connectivity index is 1.97. The molecule has 17 heavy (non-hydrogen) atoms. The molecule has 0 spiro atoms. The van der Waals surface area contributed by atoms with Crippen LogP contribution in [0.5, 0.6) is 0 Å². The summed E-state index contributed by atoms with van der Waals surface area (Å²) in [4.78, 5) is 0. The van der Waals surface area contributed by atoms with Crippen LogP contribution in [0.25, 0.3) is 0 Å². The van der Waals surface area contributed by atoms with Crippen molar-refractivity contribution < 1.29 is 4.74 Å². The fourth-order valence-corrected chi connectivity index (χ4v) is 2.97. The smallest absolute Gasteiger partial charge is 0.0925 e. The van der Waals surface area contributed by atoms with Crippen molar-refractivity contribution in [3.63, 3.8) is 0 Å². The first-order valence-electron chi connectivity index (χ1n) is 6.26. The summed E-state index contributed by atoms with van der Waals surface area (Å²) in [7, 11) is 0. The summed E-state index contributed by atoms with van der Waals surface area (Å²) in [6.45, 7) is 0. The van der Waals surface area contributed by atoms with E-state index in [9.17, 15) is 0 Å². The Kier molecular flexibility index (Phi) is 5.33. The number of ether oxygens (including phenoxy) is 1. The van der Waals surface area contributed by atoms with E-state index < -0.39 is 0 Å². The van der Waals surface area contributed by atoms with Crippen LogP contribution < -0.4 is 0 Å². The summed E-state index contributed by atoms with van der Waals surface area (Å²) < 4.78 is 6.18. The summed E-state index contributed by atoms with van der Waals surface area (Å²) in [6.07, 6.45) is 6.96. The molecule has 1 saturated carbocycles. The van der Waals surface area contributed by atoms with E-state index >= 15 is 0 Å². The number of hydrogen-bond acceptors (Lipinski definition) is 1. The second-order valence-corrected chi connectivity index (χ2v) is 5.67. The van der Waals surface area contributed by atoms with E-state index in [1.807, 2.05) is 12.1 Å². The molecule has 0 bridgehead atoms. The van der Waals surface area contributed by atoms with Gasteiger partial charge in [-0.15, -0.1) is 0 Å². The monoisotopic (exact) mass is 316 g/mol. The molecule has 1 fully saturated rings. The third kappa shape index (κ3) is 3.97. The maximum atomic E-state index is 6.18. The van der Waals surface area contributed by atoms with E-state index in [4.69, 9.17) is 16.3 Å². The highest BCUT2D eigenvalue weighted by atomic mass is 79.9. The molecule has 1 aromatic rings. The summed E-state index contributed by atoms with van der Waals surface area (Å²) in [5.74, 6) is 0. The molecule has 2 rings (SSSR count). The maximum absolute atomic E-state index is 6.18. The lowest BCUT2D eigenvalue weighted by Gasteiger charge is -2.27. The first-order chi connectivity index (χ1) is 8.29. The van der Waals surface area contributed by atoms with Gasteiger partial charge in [0.2, 0.25) is 0 Å². The van der Waals surface area contributed by atoms with Gasteiger partial charge in [-0.05, 0) is 30.5 Å². The molecule has 3 heteroatoms. The predicted octanol–water partition coefficient (Wildman–Crippen LogP) is 5.13. The molecule has 0 amide bonds. The normalized spacial score (nSPS) is 19.2. The van der Waals surface area contributed by atoms with Gasteiger partial charge in [0.05, 0.1) is 12.2 Å². The Morgan fingerprint density at radius 3 is 2.41 bits per heavy atom. The molecule has 0 aromatic heterocycles. The summed E-state index contributed by atoms with van der Waals surface area (Å²) in [5.41, 5.74) is 1.21. The van der Waals surface area contributed by atoms with Crippen LogP contribution in [0.15, 0.2) is 24.3 Å². The van der Waals surface area contributed by atoms with Crippen LogP contribution in [0, 0.1) is 0 Å². The van der Waals surface area contributed by atoms with E-state index in [0.29, 0.717) is 6.10 Å². The number of halogens is 2. The van der Waals surface area contributed by atoms with Crippen LogP contribution in [0.3, 0.4) is 0 Å².